The SMILES string of the molecule is CCc1cccc(C)c1NC(=O)Cc1ccc(Br)cc1. The zero-order valence-corrected chi connectivity index (χ0v) is 13.3. The summed E-state index contributed by atoms with van der Waals surface area (Å²) in [5.74, 6) is 0.0244. The highest BCUT2D eigenvalue weighted by atomic mass is 79.9. The minimum atomic E-state index is 0.0244. The van der Waals surface area contributed by atoms with Crippen molar-refractivity contribution in [3.63, 3.8) is 0 Å². The summed E-state index contributed by atoms with van der Waals surface area (Å²) in [4.78, 5) is 12.2. The molecule has 0 aliphatic rings. The number of carbonyl (C=O) groups is 1. The van der Waals surface area contributed by atoms with Crippen molar-refractivity contribution in [1.29, 1.82) is 0 Å². The maximum Gasteiger partial charge on any atom is 0.228 e. The number of anilines is 1. The number of nitrogens with one attached hydrogen (secondary N) is 1. The van der Waals surface area contributed by atoms with E-state index in [1.807, 2.05) is 43.3 Å². The van der Waals surface area contributed by atoms with E-state index in [-0.39, 0.29) is 5.91 Å². The summed E-state index contributed by atoms with van der Waals surface area (Å²) in [5.41, 5.74) is 4.25. The zero-order valence-electron chi connectivity index (χ0n) is 11.7. The summed E-state index contributed by atoms with van der Waals surface area (Å²) < 4.78 is 1.02. The normalized spacial score (nSPS) is 10.3. The van der Waals surface area contributed by atoms with E-state index in [2.05, 4.69) is 34.2 Å². The fourth-order valence-electron chi connectivity index (χ4n) is 2.17. The molecule has 2 aromatic carbocycles. The van der Waals surface area contributed by atoms with E-state index in [1.165, 1.54) is 5.56 Å². The van der Waals surface area contributed by atoms with Gasteiger partial charge in [-0.05, 0) is 42.2 Å². The van der Waals surface area contributed by atoms with Gasteiger partial charge in [0.15, 0.2) is 0 Å². The lowest BCUT2D eigenvalue weighted by Gasteiger charge is -2.13. The van der Waals surface area contributed by atoms with Crippen LogP contribution in [-0.2, 0) is 17.6 Å². The largest absolute Gasteiger partial charge is 0.325 e. The van der Waals surface area contributed by atoms with Gasteiger partial charge in [-0.1, -0.05) is 53.2 Å². The quantitative estimate of drug-likeness (QED) is 0.877. The molecular formula is C17H18BrNO. The van der Waals surface area contributed by atoms with Crippen LogP contribution in [0.15, 0.2) is 46.9 Å². The van der Waals surface area contributed by atoms with Crippen molar-refractivity contribution in [3.05, 3.63) is 63.6 Å². The molecule has 0 saturated heterocycles. The number of rotatable bonds is 4. The Hall–Kier alpha value is -1.61. The van der Waals surface area contributed by atoms with E-state index < -0.39 is 0 Å². The average Bonchev–Trinajstić information content (AvgIpc) is 2.43. The third-order valence-corrected chi connectivity index (χ3v) is 3.81. The molecule has 0 unspecified atom stereocenters. The molecule has 0 heterocycles. The molecule has 0 fully saturated rings. The van der Waals surface area contributed by atoms with Gasteiger partial charge in [0.1, 0.15) is 0 Å². The van der Waals surface area contributed by atoms with Crippen LogP contribution in [0.3, 0.4) is 0 Å². The van der Waals surface area contributed by atoms with Crippen LogP contribution < -0.4 is 5.32 Å². The molecule has 2 nitrogen and oxygen atoms in total. The summed E-state index contributed by atoms with van der Waals surface area (Å²) in [6.07, 6.45) is 1.31. The van der Waals surface area contributed by atoms with Crippen LogP contribution in [0.5, 0.6) is 0 Å². The van der Waals surface area contributed by atoms with Gasteiger partial charge < -0.3 is 5.32 Å². The topological polar surface area (TPSA) is 29.1 Å². The van der Waals surface area contributed by atoms with E-state index in [9.17, 15) is 4.79 Å². The highest BCUT2D eigenvalue weighted by Gasteiger charge is 2.09. The lowest BCUT2D eigenvalue weighted by molar-refractivity contribution is -0.115. The smallest absolute Gasteiger partial charge is 0.228 e. The van der Waals surface area contributed by atoms with Gasteiger partial charge in [-0.25, -0.2) is 0 Å². The predicted octanol–water partition coefficient (Wildman–Crippen LogP) is 4.50. The number of para-hydroxylation sites is 1. The monoisotopic (exact) mass is 331 g/mol. The Labute approximate surface area is 128 Å². The van der Waals surface area contributed by atoms with E-state index >= 15 is 0 Å². The summed E-state index contributed by atoms with van der Waals surface area (Å²) in [7, 11) is 0. The van der Waals surface area contributed by atoms with E-state index in [1.54, 1.807) is 0 Å². The van der Waals surface area contributed by atoms with Crippen molar-refractivity contribution in [2.45, 2.75) is 26.7 Å². The Morgan fingerprint density at radius 2 is 1.85 bits per heavy atom. The molecule has 1 amide bonds. The van der Waals surface area contributed by atoms with Crippen LogP contribution in [-0.4, -0.2) is 5.91 Å². The van der Waals surface area contributed by atoms with Gasteiger partial charge in [0.05, 0.1) is 6.42 Å². The van der Waals surface area contributed by atoms with E-state index in [4.69, 9.17) is 0 Å². The predicted molar refractivity (Wildman–Crippen MR) is 87.0 cm³/mol. The summed E-state index contributed by atoms with van der Waals surface area (Å²) in [6, 6.07) is 13.9. The standard InChI is InChI=1S/C17H18BrNO/c1-3-14-6-4-5-12(2)17(14)19-16(20)11-13-7-9-15(18)10-8-13/h4-10H,3,11H2,1-2H3,(H,19,20). The first kappa shape index (κ1) is 14.8. The zero-order chi connectivity index (χ0) is 14.5. The van der Waals surface area contributed by atoms with Crippen molar-refractivity contribution < 1.29 is 4.79 Å². The van der Waals surface area contributed by atoms with E-state index in [0.717, 1.165) is 27.7 Å². The molecule has 2 rings (SSSR count). The molecule has 0 aliphatic carbocycles. The molecule has 0 aliphatic heterocycles. The number of aryl methyl sites for hydroxylation is 2. The third-order valence-electron chi connectivity index (χ3n) is 3.28. The van der Waals surface area contributed by atoms with Gasteiger partial charge >= 0.3 is 0 Å². The van der Waals surface area contributed by atoms with Crippen molar-refractivity contribution in [2.24, 2.45) is 0 Å². The number of halogens is 1. The van der Waals surface area contributed by atoms with Gasteiger partial charge in [0.25, 0.3) is 0 Å². The van der Waals surface area contributed by atoms with Crippen molar-refractivity contribution in [3.8, 4) is 0 Å². The molecule has 0 spiro atoms. The van der Waals surface area contributed by atoms with Gasteiger partial charge in [0.2, 0.25) is 5.91 Å². The molecule has 0 bridgehead atoms. The Balaban J connectivity index is 2.10. The molecule has 1 N–H and O–H groups in total. The molecular weight excluding hydrogens is 314 g/mol. The van der Waals surface area contributed by atoms with E-state index in [0.29, 0.717) is 6.42 Å². The first-order chi connectivity index (χ1) is 9.60. The second-order valence-corrected chi connectivity index (χ2v) is 5.73. The molecule has 20 heavy (non-hydrogen) atoms. The number of hydrogen-bond acceptors (Lipinski definition) is 1. The molecule has 3 heteroatoms. The van der Waals surface area contributed by atoms with Crippen LogP contribution in [0, 0.1) is 6.92 Å². The average molecular weight is 332 g/mol. The highest BCUT2D eigenvalue weighted by Crippen LogP contribution is 2.21. The second kappa shape index (κ2) is 6.71. The fraction of sp³-hybridized carbons (Fsp3) is 0.235. The van der Waals surface area contributed by atoms with Crippen LogP contribution in [0.4, 0.5) is 5.69 Å². The van der Waals surface area contributed by atoms with Crippen molar-refractivity contribution in [2.75, 3.05) is 5.32 Å². The molecule has 104 valence electrons. The highest BCUT2D eigenvalue weighted by molar-refractivity contribution is 9.10. The Bertz CT molecular complexity index is 605. The lowest BCUT2D eigenvalue weighted by Crippen LogP contribution is -2.16. The summed E-state index contributed by atoms with van der Waals surface area (Å²) in [6.45, 7) is 4.12. The minimum absolute atomic E-state index is 0.0244. The Morgan fingerprint density at radius 3 is 2.50 bits per heavy atom. The van der Waals surface area contributed by atoms with Crippen molar-refractivity contribution >= 4 is 27.5 Å². The van der Waals surface area contributed by atoms with Crippen LogP contribution in [0.1, 0.15) is 23.6 Å². The summed E-state index contributed by atoms with van der Waals surface area (Å²) >= 11 is 3.39. The number of hydrogen-bond donors (Lipinski definition) is 1. The van der Waals surface area contributed by atoms with Crippen LogP contribution in [0.25, 0.3) is 0 Å². The maximum atomic E-state index is 12.2. The Morgan fingerprint density at radius 1 is 1.15 bits per heavy atom. The first-order valence-electron chi connectivity index (χ1n) is 6.73. The number of benzene rings is 2. The molecule has 0 radical (unpaired) electrons. The maximum absolute atomic E-state index is 12.2. The first-order valence-corrected chi connectivity index (χ1v) is 7.52. The minimum Gasteiger partial charge on any atom is -0.325 e. The lowest BCUT2D eigenvalue weighted by atomic mass is 10.1. The molecule has 0 saturated carbocycles. The van der Waals surface area contributed by atoms with Crippen molar-refractivity contribution in [1.82, 2.24) is 0 Å². The van der Waals surface area contributed by atoms with Gasteiger partial charge in [0, 0.05) is 10.2 Å². The third kappa shape index (κ3) is 3.70. The van der Waals surface area contributed by atoms with Crippen LogP contribution in [0.2, 0.25) is 0 Å². The van der Waals surface area contributed by atoms with Gasteiger partial charge in [-0.2, -0.15) is 0 Å². The molecule has 0 aromatic heterocycles. The van der Waals surface area contributed by atoms with Crippen LogP contribution >= 0.6 is 15.9 Å². The summed E-state index contributed by atoms with van der Waals surface area (Å²) in [5, 5.41) is 3.04. The fourth-order valence-corrected chi connectivity index (χ4v) is 2.44. The molecule has 2 aromatic rings. The number of amides is 1. The molecule has 0 atom stereocenters. The number of carbonyl (C=O) groups excluding carboxylic acids is 1. The van der Waals surface area contributed by atoms with Gasteiger partial charge in [-0.15, -0.1) is 0 Å². The second-order valence-electron chi connectivity index (χ2n) is 4.81. The van der Waals surface area contributed by atoms with Gasteiger partial charge in [-0.3, -0.25) is 4.79 Å². The Kier molecular flexibility index (Phi) is 4.96.